The van der Waals surface area contributed by atoms with Crippen molar-refractivity contribution in [1.29, 1.82) is 0 Å². The molecule has 2 aromatic rings. The van der Waals surface area contributed by atoms with Crippen LogP contribution in [0.1, 0.15) is 36.3 Å². The number of nitrogens with zero attached hydrogens (tertiary/aromatic N) is 4. The van der Waals surface area contributed by atoms with Gasteiger partial charge in [0.15, 0.2) is 11.6 Å². The lowest BCUT2D eigenvalue weighted by Crippen LogP contribution is -2.50. The Labute approximate surface area is 168 Å². The van der Waals surface area contributed by atoms with Crippen molar-refractivity contribution in [3.05, 3.63) is 51.8 Å². The molecular formula is C20H25ClF2N4O. The molecule has 1 aliphatic rings. The molecule has 0 aliphatic carbocycles. The number of aryl methyl sites for hydroxylation is 1. The van der Waals surface area contributed by atoms with Crippen LogP contribution in [0.2, 0.25) is 5.02 Å². The molecule has 8 heteroatoms. The summed E-state index contributed by atoms with van der Waals surface area (Å²) < 4.78 is 29.0. The quantitative estimate of drug-likeness (QED) is 0.754. The Morgan fingerprint density at radius 3 is 2.46 bits per heavy atom. The van der Waals surface area contributed by atoms with Crippen molar-refractivity contribution in [3.8, 4) is 0 Å². The fourth-order valence-corrected chi connectivity index (χ4v) is 3.77. The number of amides is 1. The summed E-state index contributed by atoms with van der Waals surface area (Å²) in [4.78, 5) is 16.9. The maximum Gasteiger partial charge on any atom is 0.247 e. The Bertz CT molecular complexity index is 862. The number of aromatic nitrogens is 2. The summed E-state index contributed by atoms with van der Waals surface area (Å²) in [6.45, 7) is 8.27. The van der Waals surface area contributed by atoms with E-state index in [-0.39, 0.29) is 5.91 Å². The van der Waals surface area contributed by atoms with Crippen LogP contribution in [0.3, 0.4) is 0 Å². The highest BCUT2D eigenvalue weighted by atomic mass is 35.5. The average molecular weight is 411 g/mol. The number of carbonyl (C=O) groups is 1. The first-order valence-corrected chi connectivity index (χ1v) is 9.86. The van der Waals surface area contributed by atoms with Gasteiger partial charge in [-0.1, -0.05) is 30.7 Å². The summed E-state index contributed by atoms with van der Waals surface area (Å²) in [6.07, 6.45) is 0.617. The SMILES string of the molecule is CCC(C(=O)N1CCN(Cc2cccc(F)c2F)CC1)n1nc(C)c(Cl)c1C. The van der Waals surface area contributed by atoms with Crippen LogP contribution in [0, 0.1) is 25.5 Å². The molecular weight excluding hydrogens is 386 g/mol. The number of halogens is 3. The van der Waals surface area contributed by atoms with Crippen molar-refractivity contribution in [2.24, 2.45) is 0 Å². The van der Waals surface area contributed by atoms with Gasteiger partial charge in [-0.2, -0.15) is 5.10 Å². The Hall–Kier alpha value is -1.99. The third-order valence-electron chi connectivity index (χ3n) is 5.31. The van der Waals surface area contributed by atoms with Crippen molar-refractivity contribution >= 4 is 17.5 Å². The van der Waals surface area contributed by atoms with E-state index in [0.29, 0.717) is 55.4 Å². The van der Waals surface area contributed by atoms with Crippen molar-refractivity contribution in [3.63, 3.8) is 0 Å². The highest BCUT2D eigenvalue weighted by molar-refractivity contribution is 6.31. The van der Waals surface area contributed by atoms with Gasteiger partial charge >= 0.3 is 0 Å². The minimum atomic E-state index is -0.833. The number of piperazine rings is 1. The molecule has 1 amide bonds. The minimum Gasteiger partial charge on any atom is -0.338 e. The predicted octanol–water partition coefficient (Wildman–Crippen LogP) is 3.73. The molecule has 28 heavy (non-hydrogen) atoms. The fraction of sp³-hybridized carbons (Fsp3) is 0.500. The Kier molecular flexibility index (Phi) is 6.35. The molecule has 1 fully saturated rings. The third kappa shape index (κ3) is 4.05. The van der Waals surface area contributed by atoms with E-state index in [1.54, 1.807) is 10.7 Å². The zero-order valence-corrected chi connectivity index (χ0v) is 17.1. The maximum absolute atomic E-state index is 13.9. The largest absolute Gasteiger partial charge is 0.338 e. The molecule has 0 bridgehead atoms. The van der Waals surface area contributed by atoms with Gasteiger partial charge in [-0.05, 0) is 26.3 Å². The molecule has 1 unspecified atom stereocenters. The first kappa shape index (κ1) is 20.7. The second-order valence-electron chi connectivity index (χ2n) is 7.17. The van der Waals surface area contributed by atoms with Gasteiger partial charge in [0.1, 0.15) is 6.04 Å². The molecule has 3 rings (SSSR count). The van der Waals surface area contributed by atoms with Gasteiger partial charge in [0.25, 0.3) is 0 Å². The summed E-state index contributed by atoms with van der Waals surface area (Å²) in [7, 11) is 0. The summed E-state index contributed by atoms with van der Waals surface area (Å²) >= 11 is 6.24. The third-order valence-corrected chi connectivity index (χ3v) is 5.86. The normalized spacial score (nSPS) is 16.4. The van der Waals surface area contributed by atoms with Crippen LogP contribution in [0.25, 0.3) is 0 Å². The van der Waals surface area contributed by atoms with Crippen LogP contribution < -0.4 is 0 Å². The van der Waals surface area contributed by atoms with Crippen LogP contribution in [-0.4, -0.2) is 51.7 Å². The van der Waals surface area contributed by atoms with E-state index in [1.807, 2.05) is 30.6 Å². The number of hydrogen-bond acceptors (Lipinski definition) is 3. The molecule has 0 N–H and O–H groups in total. The van der Waals surface area contributed by atoms with E-state index < -0.39 is 17.7 Å². The molecule has 1 aliphatic heterocycles. The topological polar surface area (TPSA) is 41.4 Å². The van der Waals surface area contributed by atoms with Crippen LogP contribution in [0.4, 0.5) is 8.78 Å². The lowest BCUT2D eigenvalue weighted by Gasteiger charge is -2.36. The van der Waals surface area contributed by atoms with Crippen LogP contribution >= 0.6 is 11.6 Å². The summed E-state index contributed by atoms with van der Waals surface area (Å²) in [5, 5.41) is 5.03. The van der Waals surface area contributed by atoms with E-state index in [4.69, 9.17) is 11.6 Å². The van der Waals surface area contributed by atoms with Crippen molar-refractivity contribution in [2.75, 3.05) is 26.2 Å². The van der Waals surface area contributed by atoms with Gasteiger partial charge in [-0.25, -0.2) is 8.78 Å². The lowest BCUT2D eigenvalue weighted by molar-refractivity contribution is -0.137. The van der Waals surface area contributed by atoms with E-state index in [1.165, 1.54) is 6.07 Å². The summed E-state index contributed by atoms with van der Waals surface area (Å²) in [5.74, 6) is -1.62. The van der Waals surface area contributed by atoms with Gasteiger partial charge in [-0.15, -0.1) is 0 Å². The van der Waals surface area contributed by atoms with Crippen molar-refractivity contribution < 1.29 is 13.6 Å². The molecule has 1 atom stereocenters. The standard InChI is InChI=1S/C20H25ClF2N4O/c1-4-17(27-14(3)18(21)13(2)24-27)20(28)26-10-8-25(9-11-26)12-15-6-5-7-16(22)19(15)23/h5-7,17H,4,8-12H2,1-3H3. The molecule has 1 aromatic carbocycles. The summed E-state index contributed by atoms with van der Waals surface area (Å²) in [6, 6.07) is 3.83. The zero-order valence-electron chi connectivity index (χ0n) is 16.4. The molecule has 1 aromatic heterocycles. The molecule has 1 saturated heterocycles. The highest BCUT2D eigenvalue weighted by Crippen LogP contribution is 2.25. The van der Waals surface area contributed by atoms with Crippen molar-refractivity contribution in [2.45, 2.75) is 39.8 Å². The van der Waals surface area contributed by atoms with Crippen LogP contribution in [-0.2, 0) is 11.3 Å². The Balaban J connectivity index is 1.64. The van der Waals surface area contributed by atoms with Gasteiger partial charge < -0.3 is 4.90 Å². The van der Waals surface area contributed by atoms with E-state index >= 15 is 0 Å². The van der Waals surface area contributed by atoms with E-state index in [9.17, 15) is 13.6 Å². The molecule has 0 saturated carbocycles. The average Bonchev–Trinajstić information content (AvgIpc) is 2.94. The van der Waals surface area contributed by atoms with Crippen LogP contribution in [0.15, 0.2) is 18.2 Å². The number of benzene rings is 1. The highest BCUT2D eigenvalue weighted by Gasteiger charge is 2.30. The first-order valence-electron chi connectivity index (χ1n) is 9.48. The minimum absolute atomic E-state index is 0.0151. The van der Waals surface area contributed by atoms with Gasteiger partial charge in [0.05, 0.1) is 16.4 Å². The second kappa shape index (κ2) is 8.57. The number of carbonyl (C=O) groups excluding carboxylic acids is 1. The molecule has 0 spiro atoms. The van der Waals surface area contributed by atoms with Gasteiger partial charge in [0.2, 0.25) is 5.91 Å². The van der Waals surface area contributed by atoms with Crippen LogP contribution in [0.5, 0.6) is 0 Å². The second-order valence-corrected chi connectivity index (χ2v) is 7.55. The smallest absolute Gasteiger partial charge is 0.247 e. The maximum atomic E-state index is 13.9. The fourth-order valence-electron chi connectivity index (χ4n) is 3.65. The lowest BCUT2D eigenvalue weighted by atomic mass is 10.1. The zero-order chi connectivity index (χ0) is 20.4. The Morgan fingerprint density at radius 1 is 1.21 bits per heavy atom. The first-order chi connectivity index (χ1) is 13.3. The monoisotopic (exact) mass is 410 g/mol. The van der Waals surface area contributed by atoms with Gasteiger partial charge in [0, 0.05) is 38.3 Å². The molecule has 2 heterocycles. The molecule has 5 nitrogen and oxygen atoms in total. The molecule has 152 valence electrons. The van der Waals surface area contributed by atoms with E-state index in [2.05, 4.69) is 5.10 Å². The summed E-state index contributed by atoms with van der Waals surface area (Å²) in [5.41, 5.74) is 1.84. The van der Waals surface area contributed by atoms with Crippen molar-refractivity contribution in [1.82, 2.24) is 19.6 Å². The number of rotatable bonds is 5. The van der Waals surface area contributed by atoms with Gasteiger partial charge in [-0.3, -0.25) is 14.4 Å². The Morgan fingerprint density at radius 2 is 1.89 bits per heavy atom. The number of hydrogen-bond donors (Lipinski definition) is 0. The van der Waals surface area contributed by atoms with E-state index in [0.717, 1.165) is 11.8 Å². The molecule has 0 radical (unpaired) electrons. The predicted molar refractivity (Wildman–Crippen MR) is 104 cm³/mol.